The van der Waals surface area contributed by atoms with Gasteiger partial charge in [-0.05, 0) is 62.0 Å². The Hall–Kier alpha value is -2.33. The fraction of sp³-hybridized carbons (Fsp3) is 0.480. The largest absolute Gasteiger partial charge is 0.497 e. The number of fused-ring (bicyclic) bond motifs is 1. The highest BCUT2D eigenvalue weighted by Crippen LogP contribution is 2.47. The molecule has 1 saturated heterocycles. The van der Waals surface area contributed by atoms with Crippen LogP contribution in [0, 0.1) is 11.3 Å². The van der Waals surface area contributed by atoms with Gasteiger partial charge in [0.1, 0.15) is 18.1 Å². The molecule has 2 aliphatic rings. The lowest BCUT2D eigenvalue weighted by Crippen LogP contribution is -2.44. The Morgan fingerprint density at radius 1 is 1.07 bits per heavy atom. The van der Waals surface area contributed by atoms with Gasteiger partial charge in [-0.2, -0.15) is 0 Å². The number of hydrogen-bond donors (Lipinski definition) is 0. The quantitative estimate of drug-likeness (QED) is 0.710. The van der Waals surface area contributed by atoms with Crippen LogP contribution in [0.15, 0.2) is 42.5 Å². The topological polar surface area (TPSA) is 38.8 Å². The highest BCUT2D eigenvalue weighted by atomic mass is 16.5. The zero-order valence-electron chi connectivity index (χ0n) is 17.7. The van der Waals surface area contributed by atoms with Crippen LogP contribution in [0.3, 0.4) is 0 Å². The van der Waals surface area contributed by atoms with Gasteiger partial charge in [-0.15, -0.1) is 0 Å². The highest BCUT2D eigenvalue weighted by molar-refractivity contribution is 6.05. The third-order valence-electron chi connectivity index (χ3n) is 6.36. The molecule has 0 aromatic heterocycles. The van der Waals surface area contributed by atoms with Gasteiger partial charge in [0.15, 0.2) is 5.78 Å². The van der Waals surface area contributed by atoms with Crippen molar-refractivity contribution in [1.29, 1.82) is 0 Å². The van der Waals surface area contributed by atoms with Crippen LogP contribution in [0.2, 0.25) is 0 Å². The lowest BCUT2D eigenvalue weighted by molar-refractivity contribution is 0.0616. The second-order valence-corrected chi connectivity index (χ2v) is 8.90. The summed E-state index contributed by atoms with van der Waals surface area (Å²) in [5.74, 6) is 2.68. The maximum atomic E-state index is 13.3. The van der Waals surface area contributed by atoms with Crippen LogP contribution in [-0.2, 0) is 13.0 Å². The average Bonchev–Trinajstić information content (AvgIpc) is 3.00. The third kappa shape index (κ3) is 4.04. The van der Waals surface area contributed by atoms with E-state index in [0.29, 0.717) is 18.3 Å². The molecule has 0 saturated carbocycles. The van der Waals surface area contributed by atoms with Crippen LogP contribution in [0.4, 0.5) is 0 Å². The summed E-state index contributed by atoms with van der Waals surface area (Å²) in [6.07, 6.45) is 2.71. The van der Waals surface area contributed by atoms with Gasteiger partial charge in [-0.1, -0.05) is 38.1 Å². The SMILES string of the molecule is COc1ccc(COc2cccc3c2CC2(CCN(CC(C)C)CC2)C3=O)cc1. The Labute approximate surface area is 173 Å². The number of likely N-dealkylation sites (tertiary alicyclic amines) is 1. The van der Waals surface area contributed by atoms with Gasteiger partial charge in [-0.3, -0.25) is 4.79 Å². The maximum Gasteiger partial charge on any atom is 0.169 e. The number of benzene rings is 2. The molecule has 154 valence electrons. The standard InChI is InChI=1S/C25H31NO3/c1-18(2)16-26-13-11-25(12-14-26)15-22-21(24(25)27)5-4-6-23(22)29-17-19-7-9-20(28-3)10-8-19/h4-10,18H,11-17H2,1-3H3. The number of hydrogen-bond acceptors (Lipinski definition) is 4. The molecule has 4 nitrogen and oxygen atoms in total. The van der Waals surface area contributed by atoms with Crippen molar-refractivity contribution in [3.05, 3.63) is 59.2 Å². The molecule has 4 rings (SSSR count). The van der Waals surface area contributed by atoms with Crippen molar-refractivity contribution >= 4 is 5.78 Å². The summed E-state index contributed by atoms with van der Waals surface area (Å²) in [5.41, 5.74) is 2.83. The number of rotatable bonds is 6. The minimum Gasteiger partial charge on any atom is -0.497 e. The second-order valence-electron chi connectivity index (χ2n) is 8.90. The predicted molar refractivity (Wildman–Crippen MR) is 115 cm³/mol. The number of Topliss-reactive ketones (excluding diaryl/α,β-unsaturated/α-hetero) is 1. The minimum absolute atomic E-state index is 0.227. The van der Waals surface area contributed by atoms with E-state index in [-0.39, 0.29) is 5.41 Å². The number of ketones is 1. The Bertz CT molecular complexity index is 864. The fourth-order valence-electron chi connectivity index (χ4n) is 4.77. The van der Waals surface area contributed by atoms with Gasteiger partial charge in [0.2, 0.25) is 0 Å². The van der Waals surface area contributed by atoms with Crippen molar-refractivity contribution in [2.24, 2.45) is 11.3 Å². The second kappa shape index (κ2) is 8.19. The molecule has 4 heteroatoms. The van der Waals surface area contributed by atoms with E-state index >= 15 is 0 Å². The van der Waals surface area contributed by atoms with E-state index in [0.717, 1.165) is 67.1 Å². The summed E-state index contributed by atoms with van der Waals surface area (Å²) in [6, 6.07) is 13.8. The zero-order valence-corrected chi connectivity index (χ0v) is 17.7. The van der Waals surface area contributed by atoms with Gasteiger partial charge in [0.05, 0.1) is 7.11 Å². The molecule has 1 aliphatic heterocycles. The van der Waals surface area contributed by atoms with Crippen molar-refractivity contribution in [2.75, 3.05) is 26.7 Å². The summed E-state index contributed by atoms with van der Waals surface area (Å²) in [7, 11) is 1.67. The molecule has 0 radical (unpaired) electrons. The van der Waals surface area contributed by atoms with Crippen molar-refractivity contribution in [1.82, 2.24) is 4.90 Å². The summed E-state index contributed by atoms with van der Waals surface area (Å²) >= 11 is 0. The van der Waals surface area contributed by atoms with Crippen LogP contribution < -0.4 is 9.47 Å². The van der Waals surface area contributed by atoms with Gasteiger partial charge in [0.25, 0.3) is 0 Å². The first-order chi connectivity index (χ1) is 14.0. The first-order valence-electron chi connectivity index (χ1n) is 10.7. The molecular formula is C25H31NO3. The Kier molecular flexibility index (Phi) is 5.64. The van der Waals surface area contributed by atoms with Crippen molar-refractivity contribution < 1.29 is 14.3 Å². The molecule has 29 heavy (non-hydrogen) atoms. The molecule has 0 amide bonds. The number of piperidine rings is 1. The fourth-order valence-corrected chi connectivity index (χ4v) is 4.77. The number of ether oxygens (including phenoxy) is 2. The minimum atomic E-state index is -0.227. The monoisotopic (exact) mass is 393 g/mol. The van der Waals surface area contributed by atoms with Crippen LogP contribution in [0.25, 0.3) is 0 Å². The first kappa shape index (κ1) is 20.0. The number of carbonyl (C=O) groups excluding carboxylic acids is 1. The van der Waals surface area contributed by atoms with Gasteiger partial charge in [-0.25, -0.2) is 0 Å². The zero-order chi connectivity index (χ0) is 20.4. The molecule has 1 heterocycles. The lowest BCUT2D eigenvalue weighted by Gasteiger charge is -2.38. The molecule has 2 aromatic carbocycles. The van der Waals surface area contributed by atoms with Crippen molar-refractivity contribution in [3.63, 3.8) is 0 Å². The number of carbonyl (C=O) groups is 1. The van der Waals surface area contributed by atoms with Crippen molar-refractivity contribution in [3.8, 4) is 11.5 Å². The molecule has 1 spiro atoms. The predicted octanol–water partition coefficient (Wildman–Crippen LogP) is 4.75. The molecule has 0 atom stereocenters. The molecule has 1 aliphatic carbocycles. The van der Waals surface area contributed by atoms with E-state index < -0.39 is 0 Å². The van der Waals surface area contributed by atoms with E-state index in [9.17, 15) is 4.79 Å². The maximum absolute atomic E-state index is 13.3. The third-order valence-corrected chi connectivity index (χ3v) is 6.36. The lowest BCUT2D eigenvalue weighted by atomic mass is 9.75. The van der Waals surface area contributed by atoms with Crippen molar-refractivity contribution in [2.45, 2.75) is 39.7 Å². The molecule has 2 aromatic rings. The summed E-state index contributed by atoms with van der Waals surface area (Å²) in [4.78, 5) is 15.8. The molecule has 0 N–H and O–H groups in total. The Morgan fingerprint density at radius 3 is 2.45 bits per heavy atom. The number of nitrogens with zero attached hydrogens (tertiary/aromatic N) is 1. The highest BCUT2D eigenvalue weighted by Gasteiger charge is 2.48. The molecule has 0 unspecified atom stereocenters. The summed E-state index contributed by atoms with van der Waals surface area (Å²) in [6.45, 7) is 8.15. The number of methoxy groups -OCH3 is 1. The molecule has 1 fully saturated rings. The van der Waals surface area contributed by atoms with E-state index in [2.05, 4.69) is 18.7 Å². The van der Waals surface area contributed by atoms with Crippen LogP contribution in [0.1, 0.15) is 48.2 Å². The average molecular weight is 394 g/mol. The van der Waals surface area contributed by atoms with Crippen LogP contribution >= 0.6 is 0 Å². The smallest absolute Gasteiger partial charge is 0.169 e. The normalized spacial score (nSPS) is 18.3. The van der Waals surface area contributed by atoms with Crippen LogP contribution in [-0.4, -0.2) is 37.4 Å². The summed E-state index contributed by atoms with van der Waals surface area (Å²) < 4.78 is 11.4. The Morgan fingerprint density at radius 2 is 1.79 bits per heavy atom. The van der Waals surface area contributed by atoms with E-state index in [4.69, 9.17) is 9.47 Å². The summed E-state index contributed by atoms with van der Waals surface area (Å²) in [5, 5.41) is 0. The van der Waals surface area contributed by atoms with Gasteiger partial charge < -0.3 is 14.4 Å². The molecular weight excluding hydrogens is 362 g/mol. The Balaban J connectivity index is 1.46. The van der Waals surface area contributed by atoms with Gasteiger partial charge >= 0.3 is 0 Å². The first-order valence-corrected chi connectivity index (χ1v) is 10.7. The van der Waals surface area contributed by atoms with E-state index in [1.165, 1.54) is 0 Å². The van der Waals surface area contributed by atoms with Crippen LogP contribution in [0.5, 0.6) is 11.5 Å². The van der Waals surface area contributed by atoms with E-state index in [1.54, 1.807) is 7.11 Å². The van der Waals surface area contributed by atoms with Gasteiger partial charge in [0, 0.05) is 23.1 Å². The van der Waals surface area contributed by atoms with E-state index in [1.807, 2.05) is 42.5 Å². The molecule has 0 bridgehead atoms.